The van der Waals surface area contributed by atoms with Crippen molar-refractivity contribution < 1.29 is 4.74 Å². The Morgan fingerprint density at radius 3 is 3.00 bits per heavy atom. The monoisotopic (exact) mass is 181 g/mol. The van der Waals surface area contributed by atoms with E-state index in [1.807, 2.05) is 6.92 Å². The summed E-state index contributed by atoms with van der Waals surface area (Å²) in [4.78, 5) is 18.0. The molecule has 0 amide bonds. The van der Waals surface area contributed by atoms with E-state index >= 15 is 0 Å². The molecule has 0 aliphatic carbocycles. The predicted octanol–water partition coefficient (Wildman–Crippen LogP) is 1.24. The van der Waals surface area contributed by atoms with E-state index < -0.39 is 0 Å². The molecule has 0 radical (unpaired) electrons. The molecule has 5 nitrogen and oxygen atoms in total. The third kappa shape index (κ3) is 2.77. The fraction of sp³-hybridized carbons (Fsp3) is 0.500. The van der Waals surface area contributed by atoms with Crippen molar-refractivity contribution in [3.8, 4) is 5.88 Å². The van der Waals surface area contributed by atoms with Gasteiger partial charge in [-0.3, -0.25) is 4.98 Å². The second-order valence-electron chi connectivity index (χ2n) is 2.60. The fourth-order valence-corrected chi connectivity index (χ4v) is 0.832. The van der Waals surface area contributed by atoms with Gasteiger partial charge in [0.2, 0.25) is 5.88 Å². The third-order valence-electron chi connectivity index (χ3n) is 1.45. The minimum Gasteiger partial charge on any atom is -0.474 e. The molecule has 0 saturated carbocycles. The van der Waals surface area contributed by atoms with Crippen LogP contribution in [0, 0.1) is 18.8 Å². The highest BCUT2D eigenvalue weighted by Crippen LogP contribution is 2.10. The Labute approximate surface area is 76.1 Å². The van der Waals surface area contributed by atoms with Crippen molar-refractivity contribution >= 4 is 0 Å². The topological polar surface area (TPSA) is 64.4 Å². The molecule has 0 atom stereocenters. The van der Waals surface area contributed by atoms with Crippen molar-refractivity contribution in [1.82, 2.24) is 9.97 Å². The summed E-state index contributed by atoms with van der Waals surface area (Å²) in [7, 11) is 0. The van der Waals surface area contributed by atoms with Crippen LogP contribution in [0.1, 0.15) is 11.4 Å². The first-order chi connectivity index (χ1) is 6.24. The highest BCUT2D eigenvalue weighted by Gasteiger charge is 2.02. The highest BCUT2D eigenvalue weighted by molar-refractivity contribution is 5.17. The summed E-state index contributed by atoms with van der Waals surface area (Å²) in [5.74, 6) is 0.476. The zero-order chi connectivity index (χ0) is 9.68. The van der Waals surface area contributed by atoms with E-state index in [0.29, 0.717) is 5.88 Å². The molecule has 1 rings (SSSR count). The first kappa shape index (κ1) is 9.57. The summed E-state index contributed by atoms with van der Waals surface area (Å²) in [6.45, 7) is 4.02. The largest absolute Gasteiger partial charge is 0.474 e. The van der Waals surface area contributed by atoms with Crippen molar-refractivity contribution in [1.29, 1.82) is 0 Å². The molecule has 5 heteroatoms. The van der Waals surface area contributed by atoms with Crippen LogP contribution in [0.4, 0.5) is 0 Å². The van der Waals surface area contributed by atoms with Crippen molar-refractivity contribution in [3.63, 3.8) is 0 Å². The second kappa shape index (κ2) is 4.49. The van der Waals surface area contributed by atoms with E-state index in [4.69, 9.17) is 4.74 Å². The number of aryl methyl sites for hydroxylation is 2. The maximum Gasteiger partial charge on any atom is 0.235 e. The molecule has 0 N–H and O–H groups in total. The summed E-state index contributed by atoms with van der Waals surface area (Å²) in [6, 6.07) is 0. The smallest absolute Gasteiger partial charge is 0.235 e. The number of ether oxygens (including phenoxy) is 1. The summed E-state index contributed by atoms with van der Waals surface area (Å²) < 4.78 is 5.19. The van der Waals surface area contributed by atoms with Gasteiger partial charge in [-0.2, -0.15) is 4.91 Å². The van der Waals surface area contributed by atoms with Gasteiger partial charge in [0.05, 0.1) is 11.4 Å². The zero-order valence-electron chi connectivity index (χ0n) is 7.65. The molecule has 0 aromatic carbocycles. The van der Waals surface area contributed by atoms with Gasteiger partial charge in [-0.15, -0.1) is 0 Å². The van der Waals surface area contributed by atoms with Crippen LogP contribution in [0.25, 0.3) is 0 Å². The van der Waals surface area contributed by atoms with Crippen molar-refractivity contribution in [3.05, 3.63) is 22.5 Å². The van der Waals surface area contributed by atoms with Gasteiger partial charge in [0.15, 0.2) is 0 Å². The average Bonchev–Trinajstić information content (AvgIpc) is 2.11. The average molecular weight is 181 g/mol. The highest BCUT2D eigenvalue weighted by atomic mass is 16.5. The van der Waals surface area contributed by atoms with Crippen LogP contribution < -0.4 is 4.74 Å². The molecule has 0 unspecified atom stereocenters. The Balaban J connectivity index is 2.64. The molecule has 1 aromatic heterocycles. The SMILES string of the molecule is Cc1cnc(C)c(OCCN=O)n1. The van der Waals surface area contributed by atoms with E-state index in [9.17, 15) is 4.91 Å². The van der Waals surface area contributed by atoms with E-state index in [1.54, 1.807) is 13.1 Å². The van der Waals surface area contributed by atoms with Crippen molar-refractivity contribution in [2.75, 3.05) is 13.2 Å². The Bertz CT molecular complexity index is 301. The van der Waals surface area contributed by atoms with Crippen molar-refractivity contribution in [2.45, 2.75) is 13.8 Å². The molecule has 1 aromatic rings. The fourth-order valence-electron chi connectivity index (χ4n) is 0.832. The lowest BCUT2D eigenvalue weighted by Crippen LogP contribution is -2.05. The van der Waals surface area contributed by atoms with Crippen LogP contribution in [0.3, 0.4) is 0 Å². The van der Waals surface area contributed by atoms with E-state index in [2.05, 4.69) is 15.1 Å². The summed E-state index contributed by atoms with van der Waals surface area (Å²) in [6.07, 6.45) is 1.67. The van der Waals surface area contributed by atoms with Crippen molar-refractivity contribution in [2.24, 2.45) is 5.18 Å². The molecule has 0 spiro atoms. The van der Waals surface area contributed by atoms with Crippen LogP contribution >= 0.6 is 0 Å². The minimum atomic E-state index is 0.134. The molecule has 13 heavy (non-hydrogen) atoms. The molecule has 1 heterocycles. The number of nitroso groups, excluding NO2 is 1. The summed E-state index contributed by atoms with van der Waals surface area (Å²) in [5.41, 5.74) is 1.51. The van der Waals surface area contributed by atoms with E-state index in [-0.39, 0.29) is 13.2 Å². The number of nitrogens with zero attached hydrogens (tertiary/aromatic N) is 3. The van der Waals surface area contributed by atoms with E-state index in [1.165, 1.54) is 0 Å². The summed E-state index contributed by atoms with van der Waals surface area (Å²) in [5, 5.41) is 2.68. The standard InChI is InChI=1S/C8H11N3O2/c1-6-5-9-7(2)8(11-6)13-4-3-10-12/h5H,3-4H2,1-2H3. The Morgan fingerprint density at radius 2 is 2.31 bits per heavy atom. The number of aromatic nitrogens is 2. The first-order valence-corrected chi connectivity index (χ1v) is 3.96. The molecular formula is C8H11N3O2. The number of hydrogen-bond acceptors (Lipinski definition) is 5. The minimum absolute atomic E-state index is 0.134. The van der Waals surface area contributed by atoms with Gasteiger partial charge in [-0.05, 0) is 13.8 Å². The second-order valence-corrected chi connectivity index (χ2v) is 2.60. The van der Waals surface area contributed by atoms with Crippen LogP contribution in [0.2, 0.25) is 0 Å². The Kier molecular flexibility index (Phi) is 3.31. The van der Waals surface area contributed by atoms with Crippen LogP contribution in [-0.4, -0.2) is 23.1 Å². The van der Waals surface area contributed by atoms with Gasteiger partial charge in [-0.1, -0.05) is 5.18 Å². The zero-order valence-corrected chi connectivity index (χ0v) is 7.65. The number of hydrogen-bond donors (Lipinski definition) is 0. The maximum absolute atomic E-state index is 9.78. The van der Waals surface area contributed by atoms with Gasteiger partial charge < -0.3 is 4.74 Å². The third-order valence-corrected chi connectivity index (χ3v) is 1.45. The lowest BCUT2D eigenvalue weighted by atomic mass is 10.4. The quantitative estimate of drug-likeness (QED) is 0.517. The molecule has 0 aliphatic rings. The molecule has 0 fully saturated rings. The maximum atomic E-state index is 9.78. The van der Waals surface area contributed by atoms with Crippen LogP contribution in [0.15, 0.2) is 11.4 Å². The Hall–Kier alpha value is -1.52. The normalized spacial score (nSPS) is 9.69. The Morgan fingerprint density at radius 1 is 1.54 bits per heavy atom. The molecule has 0 bridgehead atoms. The van der Waals surface area contributed by atoms with Crippen LogP contribution in [-0.2, 0) is 0 Å². The van der Waals surface area contributed by atoms with Crippen LogP contribution in [0.5, 0.6) is 5.88 Å². The van der Waals surface area contributed by atoms with Gasteiger partial charge >= 0.3 is 0 Å². The van der Waals surface area contributed by atoms with Gasteiger partial charge in [0.25, 0.3) is 0 Å². The van der Waals surface area contributed by atoms with Gasteiger partial charge in [0.1, 0.15) is 13.2 Å². The van der Waals surface area contributed by atoms with Gasteiger partial charge in [0, 0.05) is 6.20 Å². The van der Waals surface area contributed by atoms with E-state index in [0.717, 1.165) is 11.4 Å². The van der Waals surface area contributed by atoms with Gasteiger partial charge in [-0.25, -0.2) is 4.98 Å². The predicted molar refractivity (Wildman–Crippen MR) is 47.7 cm³/mol. The number of rotatable bonds is 4. The molecule has 70 valence electrons. The summed E-state index contributed by atoms with van der Waals surface area (Å²) >= 11 is 0. The lowest BCUT2D eigenvalue weighted by molar-refractivity contribution is 0.311. The molecule has 0 aliphatic heterocycles. The first-order valence-electron chi connectivity index (χ1n) is 3.96. The lowest BCUT2D eigenvalue weighted by Gasteiger charge is -2.05. The molecular weight excluding hydrogens is 170 g/mol. The molecule has 0 saturated heterocycles.